The summed E-state index contributed by atoms with van der Waals surface area (Å²) in [5.41, 5.74) is 4.64. The molecular weight excluding hydrogens is 248 g/mol. The minimum Gasteiger partial charge on any atom is -0.382 e. The second-order valence-corrected chi connectivity index (χ2v) is 4.11. The van der Waals surface area contributed by atoms with Crippen molar-refractivity contribution in [1.82, 2.24) is 15.7 Å². The van der Waals surface area contributed by atoms with Crippen molar-refractivity contribution in [2.75, 3.05) is 19.8 Å². The summed E-state index contributed by atoms with van der Waals surface area (Å²) in [6, 6.07) is 3.89. The summed E-state index contributed by atoms with van der Waals surface area (Å²) in [5, 5.41) is 7.77. The highest BCUT2D eigenvalue weighted by Crippen LogP contribution is 1.95. The fraction of sp³-hybridized carbons (Fsp3) is 0.500. The van der Waals surface area contributed by atoms with Crippen molar-refractivity contribution >= 4 is 23.0 Å². The van der Waals surface area contributed by atoms with Gasteiger partial charge in [0.15, 0.2) is 5.11 Å². The first-order valence-electron chi connectivity index (χ1n) is 6.03. The summed E-state index contributed by atoms with van der Waals surface area (Å²) >= 11 is 5.10. The average Bonchev–Trinajstić information content (AvgIpc) is 2.89. The summed E-state index contributed by atoms with van der Waals surface area (Å²) in [5.74, 6) is 0. The molecule has 0 aromatic carbocycles. The SMILES string of the molecule is CCOCCCNC(=S)N/N=C(\C)c1ccc[nH]1. The molecule has 6 heteroatoms. The molecule has 0 spiro atoms. The standard InChI is InChI=1S/C12H20N4OS/c1-3-17-9-5-8-14-12(18)16-15-10(2)11-6-4-7-13-11/h4,6-7,13H,3,5,8-9H2,1-2H3,(H2,14,16,18)/b15-10+. The first-order valence-corrected chi connectivity index (χ1v) is 6.44. The molecule has 0 aliphatic heterocycles. The molecule has 1 aromatic rings. The van der Waals surface area contributed by atoms with Gasteiger partial charge in [0.2, 0.25) is 0 Å². The normalized spacial score (nSPS) is 11.3. The monoisotopic (exact) mass is 268 g/mol. The van der Waals surface area contributed by atoms with Crippen molar-refractivity contribution in [3.63, 3.8) is 0 Å². The van der Waals surface area contributed by atoms with E-state index in [1.165, 1.54) is 0 Å². The molecule has 1 rings (SSSR count). The van der Waals surface area contributed by atoms with E-state index < -0.39 is 0 Å². The Bertz CT molecular complexity index is 375. The molecule has 0 radical (unpaired) electrons. The molecular formula is C12H20N4OS. The van der Waals surface area contributed by atoms with E-state index >= 15 is 0 Å². The van der Waals surface area contributed by atoms with Crippen LogP contribution in [-0.4, -0.2) is 35.6 Å². The zero-order valence-corrected chi connectivity index (χ0v) is 11.6. The minimum absolute atomic E-state index is 0.525. The van der Waals surface area contributed by atoms with Gasteiger partial charge in [-0.05, 0) is 44.6 Å². The summed E-state index contributed by atoms with van der Waals surface area (Å²) in [6.45, 7) is 6.18. The van der Waals surface area contributed by atoms with Gasteiger partial charge in [-0.3, -0.25) is 5.43 Å². The van der Waals surface area contributed by atoms with E-state index in [0.717, 1.165) is 37.6 Å². The predicted octanol–water partition coefficient (Wildman–Crippen LogP) is 1.63. The zero-order valence-electron chi connectivity index (χ0n) is 10.8. The van der Waals surface area contributed by atoms with E-state index in [2.05, 4.69) is 20.8 Å². The highest BCUT2D eigenvalue weighted by atomic mass is 32.1. The van der Waals surface area contributed by atoms with E-state index in [-0.39, 0.29) is 0 Å². The van der Waals surface area contributed by atoms with Crippen molar-refractivity contribution in [3.8, 4) is 0 Å². The van der Waals surface area contributed by atoms with E-state index in [1.54, 1.807) is 0 Å². The molecule has 0 aliphatic carbocycles. The lowest BCUT2D eigenvalue weighted by atomic mass is 10.3. The summed E-state index contributed by atoms with van der Waals surface area (Å²) in [4.78, 5) is 3.08. The number of aromatic amines is 1. The number of rotatable bonds is 7. The van der Waals surface area contributed by atoms with E-state index in [1.807, 2.05) is 32.2 Å². The molecule has 0 amide bonds. The topological polar surface area (TPSA) is 61.4 Å². The third-order valence-electron chi connectivity index (χ3n) is 2.27. The number of thiocarbonyl (C=S) groups is 1. The van der Waals surface area contributed by atoms with E-state index in [4.69, 9.17) is 17.0 Å². The maximum atomic E-state index is 5.23. The van der Waals surface area contributed by atoms with Gasteiger partial charge in [0.1, 0.15) is 0 Å². The summed E-state index contributed by atoms with van der Waals surface area (Å²) < 4.78 is 5.23. The first kappa shape index (κ1) is 14.7. The Hall–Kier alpha value is -1.40. The Morgan fingerprint density at radius 1 is 1.56 bits per heavy atom. The molecule has 1 aromatic heterocycles. The summed E-state index contributed by atoms with van der Waals surface area (Å²) in [6.07, 6.45) is 2.79. The molecule has 18 heavy (non-hydrogen) atoms. The summed E-state index contributed by atoms with van der Waals surface area (Å²) in [7, 11) is 0. The third kappa shape index (κ3) is 5.79. The maximum absolute atomic E-state index is 5.23. The lowest BCUT2D eigenvalue weighted by Gasteiger charge is -2.07. The van der Waals surface area contributed by atoms with Gasteiger partial charge in [-0.15, -0.1) is 0 Å². The van der Waals surface area contributed by atoms with E-state index in [0.29, 0.717) is 5.11 Å². The lowest BCUT2D eigenvalue weighted by molar-refractivity contribution is 0.145. The van der Waals surface area contributed by atoms with Crippen molar-refractivity contribution in [1.29, 1.82) is 0 Å². The Morgan fingerprint density at radius 3 is 3.06 bits per heavy atom. The molecule has 100 valence electrons. The van der Waals surface area contributed by atoms with Crippen LogP contribution in [0.5, 0.6) is 0 Å². The number of ether oxygens (including phenoxy) is 1. The highest BCUT2D eigenvalue weighted by molar-refractivity contribution is 7.80. The second-order valence-electron chi connectivity index (χ2n) is 3.70. The van der Waals surface area contributed by atoms with Crippen molar-refractivity contribution in [2.24, 2.45) is 5.10 Å². The number of nitrogens with zero attached hydrogens (tertiary/aromatic N) is 1. The van der Waals surface area contributed by atoms with Crippen LogP contribution in [0.25, 0.3) is 0 Å². The second kappa shape index (κ2) is 8.66. The number of nitrogens with one attached hydrogen (secondary N) is 3. The molecule has 0 unspecified atom stereocenters. The van der Waals surface area contributed by atoms with Crippen LogP contribution < -0.4 is 10.7 Å². The lowest BCUT2D eigenvalue weighted by Crippen LogP contribution is -2.33. The average molecular weight is 268 g/mol. The van der Waals surface area contributed by atoms with Gasteiger partial charge in [0, 0.05) is 26.0 Å². The van der Waals surface area contributed by atoms with Gasteiger partial charge >= 0.3 is 0 Å². The zero-order chi connectivity index (χ0) is 13.2. The Labute approximate surface area is 113 Å². The fourth-order valence-electron chi connectivity index (χ4n) is 1.31. The van der Waals surface area contributed by atoms with Crippen LogP contribution in [0.1, 0.15) is 26.0 Å². The van der Waals surface area contributed by atoms with Gasteiger partial charge in [-0.25, -0.2) is 0 Å². The Morgan fingerprint density at radius 2 is 2.39 bits per heavy atom. The molecule has 5 nitrogen and oxygen atoms in total. The molecule has 0 fully saturated rings. The molecule has 0 saturated heterocycles. The van der Waals surface area contributed by atoms with Crippen LogP contribution >= 0.6 is 12.2 Å². The van der Waals surface area contributed by atoms with Gasteiger partial charge in [0.05, 0.1) is 11.4 Å². The molecule has 0 bridgehead atoms. The van der Waals surface area contributed by atoms with Crippen LogP contribution in [0.15, 0.2) is 23.4 Å². The van der Waals surface area contributed by atoms with Gasteiger partial charge in [-0.1, -0.05) is 0 Å². The van der Waals surface area contributed by atoms with Gasteiger partial charge < -0.3 is 15.0 Å². The van der Waals surface area contributed by atoms with Crippen LogP contribution in [0.3, 0.4) is 0 Å². The Kier molecular flexibility index (Phi) is 7.05. The molecule has 3 N–H and O–H groups in total. The van der Waals surface area contributed by atoms with Crippen molar-refractivity contribution in [2.45, 2.75) is 20.3 Å². The number of aromatic nitrogens is 1. The molecule has 0 atom stereocenters. The predicted molar refractivity (Wildman–Crippen MR) is 77.9 cm³/mol. The van der Waals surface area contributed by atoms with Crippen LogP contribution in [0.4, 0.5) is 0 Å². The largest absolute Gasteiger partial charge is 0.382 e. The smallest absolute Gasteiger partial charge is 0.186 e. The van der Waals surface area contributed by atoms with Gasteiger partial charge in [-0.2, -0.15) is 5.10 Å². The molecule has 1 heterocycles. The highest BCUT2D eigenvalue weighted by Gasteiger charge is 1.98. The molecule has 0 aliphatic rings. The Balaban J connectivity index is 2.18. The van der Waals surface area contributed by atoms with Crippen molar-refractivity contribution < 1.29 is 4.74 Å². The number of H-pyrrole nitrogens is 1. The van der Waals surface area contributed by atoms with Crippen molar-refractivity contribution in [3.05, 3.63) is 24.0 Å². The quantitative estimate of drug-likeness (QED) is 0.304. The van der Waals surface area contributed by atoms with Crippen LogP contribution in [0.2, 0.25) is 0 Å². The first-order chi connectivity index (χ1) is 8.74. The van der Waals surface area contributed by atoms with Crippen LogP contribution in [0, 0.1) is 0 Å². The minimum atomic E-state index is 0.525. The molecule has 0 saturated carbocycles. The number of hydrogen-bond acceptors (Lipinski definition) is 3. The number of hydrazone groups is 1. The maximum Gasteiger partial charge on any atom is 0.186 e. The number of hydrogen-bond donors (Lipinski definition) is 3. The van der Waals surface area contributed by atoms with Crippen LogP contribution in [-0.2, 0) is 4.74 Å². The van der Waals surface area contributed by atoms with Gasteiger partial charge in [0.25, 0.3) is 0 Å². The van der Waals surface area contributed by atoms with E-state index in [9.17, 15) is 0 Å². The third-order valence-corrected chi connectivity index (χ3v) is 2.50. The fourth-order valence-corrected chi connectivity index (χ4v) is 1.46.